The molecule has 0 radical (unpaired) electrons. The number of anilines is 3. The summed E-state index contributed by atoms with van der Waals surface area (Å²) in [5, 5.41) is 4.19. The minimum atomic E-state index is 0.124. The first-order chi connectivity index (χ1) is 13.7. The van der Waals surface area contributed by atoms with Gasteiger partial charge in [-0.05, 0) is 31.2 Å². The molecular formula is C20H16N8. The van der Waals surface area contributed by atoms with Gasteiger partial charge in [0.1, 0.15) is 5.82 Å². The molecule has 5 rings (SSSR count). The van der Waals surface area contributed by atoms with Gasteiger partial charge in [-0.15, -0.1) is 0 Å². The highest BCUT2D eigenvalue weighted by atomic mass is 15.3. The molecule has 0 aliphatic heterocycles. The highest BCUT2D eigenvalue weighted by Gasteiger charge is 2.13. The highest BCUT2D eigenvalue weighted by Crippen LogP contribution is 2.22. The van der Waals surface area contributed by atoms with E-state index in [1.807, 2.05) is 66.1 Å². The van der Waals surface area contributed by atoms with Crippen LogP contribution in [-0.4, -0.2) is 29.5 Å². The second-order valence-corrected chi connectivity index (χ2v) is 6.34. The maximum Gasteiger partial charge on any atom is 0.242 e. The number of aromatic nitrogens is 6. The fourth-order valence-corrected chi connectivity index (χ4v) is 3.20. The fourth-order valence-electron chi connectivity index (χ4n) is 3.20. The van der Waals surface area contributed by atoms with Crippen LogP contribution in [0.1, 0.15) is 5.82 Å². The molecular weight excluding hydrogens is 352 g/mol. The fraction of sp³-hybridized carbons (Fsp3) is 0.0500. The number of pyridine rings is 1. The van der Waals surface area contributed by atoms with Gasteiger partial charge in [-0.25, -0.2) is 4.98 Å². The van der Waals surface area contributed by atoms with Gasteiger partial charge < -0.3 is 11.1 Å². The Balaban J connectivity index is 1.58. The zero-order chi connectivity index (χ0) is 19.1. The van der Waals surface area contributed by atoms with Crippen LogP contribution in [0.2, 0.25) is 0 Å². The Morgan fingerprint density at radius 3 is 2.57 bits per heavy atom. The molecule has 28 heavy (non-hydrogen) atoms. The van der Waals surface area contributed by atoms with Crippen LogP contribution >= 0.6 is 0 Å². The van der Waals surface area contributed by atoms with Crippen molar-refractivity contribution in [1.29, 1.82) is 0 Å². The molecule has 0 aliphatic carbocycles. The first kappa shape index (κ1) is 16.1. The highest BCUT2D eigenvalue weighted by molar-refractivity contribution is 5.82. The molecule has 3 N–H and O–H groups in total. The van der Waals surface area contributed by atoms with E-state index < -0.39 is 0 Å². The number of nitrogens with zero attached hydrogens (tertiary/aromatic N) is 6. The molecule has 0 saturated carbocycles. The predicted octanol–water partition coefficient (Wildman–Crippen LogP) is 3.39. The molecule has 0 aliphatic rings. The van der Waals surface area contributed by atoms with E-state index in [9.17, 15) is 0 Å². The molecule has 5 aromatic rings. The molecule has 0 unspecified atom stereocenters. The summed E-state index contributed by atoms with van der Waals surface area (Å²) >= 11 is 0. The number of nitrogens with one attached hydrogen (secondary N) is 1. The first-order valence-electron chi connectivity index (χ1n) is 8.75. The minimum absolute atomic E-state index is 0.124. The van der Waals surface area contributed by atoms with E-state index in [1.165, 1.54) is 0 Å². The number of nitrogens with two attached hydrogens (primary N) is 1. The third-order valence-electron chi connectivity index (χ3n) is 4.42. The van der Waals surface area contributed by atoms with Gasteiger partial charge in [0.05, 0.1) is 28.4 Å². The maximum atomic E-state index is 5.95. The zero-order valence-corrected chi connectivity index (χ0v) is 15.0. The van der Waals surface area contributed by atoms with E-state index in [-0.39, 0.29) is 5.95 Å². The van der Waals surface area contributed by atoms with Gasteiger partial charge in [-0.3, -0.25) is 9.55 Å². The molecule has 0 atom stereocenters. The number of rotatable bonds is 3. The Hall–Kier alpha value is -4.07. The minimum Gasteiger partial charge on any atom is -0.368 e. The predicted molar refractivity (Wildman–Crippen MR) is 109 cm³/mol. The number of aryl methyl sites for hydroxylation is 1. The van der Waals surface area contributed by atoms with Gasteiger partial charge in [0.25, 0.3) is 0 Å². The molecule has 2 aromatic carbocycles. The number of hydrogen-bond acceptors (Lipinski definition) is 7. The Morgan fingerprint density at radius 2 is 1.68 bits per heavy atom. The lowest BCUT2D eigenvalue weighted by molar-refractivity contribution is 0.889. The topological polar surface area (TPSA) is 107 Å². The van der Waals surface area contributed by atoms with Crippen molar-refractivity contribution >= 4 is 39.5 Å². The van der Waals surface area contributed by atoms with Gasteiger partial charge in [0, 0.05) is 5.39 Å². The average Bonchev–Trinajstić information content (AvgIpc) is 3.03. The standard InChI is InChI=1S/C20H16N8/c1-12-23-16-8-4-5-9-17(16)28(12)20-26-18(21)25-19(27-20)24-14-10-13-6-2-3-7-15(13)22-11-14/h2-11H,1H3,(H3,21,24,25,26,27). The van der Waals surface area contributed by atoms with Crippen LogP contribution < -0.4 is 11.1 Å². The smallest absolute Gasteiger partial charge is 0.242 e. The summed E-state index contributed by atoms with van der Waals surface area (Å²) in [7, 11) is 0. The van der Waals surface area contributed by atoms with E-state index in [2.05, 4.69) is 30.2 Å². The van der Waals surface area contributed by atoms with Gasteiger partial charge in [0.2, 0.25) is 17.8 Å². The molecule has 136 valence electrons. The lowest BCUT2D eigenvalue weighted by Crippen LogP contribution is -2.10. The van der Waals surface area contributed by atoms with Crippen LogP contribution in [0.25, 0.3) is 27.9 Å². The number of benzene rings is 2. The van der Waals surface area contributed by atoms with Gasteiger partial charge in [0.15, 0.2) is 0 Å². The molecule has 3 heterocycles. The summed E-state index contributed by atoms with van der Waals surface area (Å²) in [6.07, 6.45) is 1.74. The molecule has 8 heteroatoms. The Kier molecular flexibility index (Phi) is 3.61. The maximum absolute atomic E-state index is 5.95. The first-order valence-corrected chi connectivity index (χ1v) is 8.75. The van der Waals surface area contributed by atoms with E-state index >= 15 is 0 Å². The van der Waals surface area contributed by atoms with E-state index in [1.54, 1.807) is 6.20 Å². The van der Waals surface area contributed by atoms with Crippen LogP contribution in [0.3, 0.4) is 0 Å². The van der Waals surface area contributed by atoms with Crippen molar-refractivity contribution in [2.45, 2.75) is 6.92 Å². The van der Waals surface area contributed by atoms with E-state index in [4.69, 9.17) is 5.73 Å². The summed E-state index contributed by atoms with van der Waals surface area (Å²) in [6, 6.07) is 17.7. The van der Waals surface area contributed by atoms with Gasteiger partial charge in [-0.2, -0.15) is 15.0 Å². The van der Waals surface area contributed by atoms with Gasteiger partial charge >= 0.3 is 0 Å². The second kappa shape index (κ2) is 6.27. The molecule has 0 amide bonds. The summed E-state index contributed by atoms with van der Waals surface area (Å²) in [5.74, 6) is 1.65. The Labute approximate surface area is 160 Å². The number of para-hydroxylation sites is 3. The van der Waals surface area contributed by atoms with Crippen molar-refractivity contribution in [2.24, 2.45) is 0 Å². The molecule has 0 fully saturated rings. The monoisotopic (exact) mass is 368 g/mol. The average molecular weight is 368 g/mol. The summed E-state index contributed by atoms with van der Waals surface area (Å²) in [5.41, 5.74) is 9.41. The Bertz CT molecular complexity index is 1320. The van der Waals surface area contributed by atoms with Crippen molar-refractivity contribution in [3.05, 3.63) is 66.6 Å². The number of nitrogen functional groups attached to an aromatic ring is 1. The van der Waals surface area contributed by atoms with Crippen molar-refractivity contribution < 1.29 is 0 Å². The van der Waals surface area contributed by atoms with Crippen molar-refractivity contribution in [3.8, 4) is 5.95 Å². The molecule has 8 nitrogen and oxygen atoms in total. The SMILES string of the molecule is Cc1nc2ccccc2n1-c1nc(N)nc(Nc2cnc3ccccc3c2)n1. The lowest BCUT2D eigenvalue weighted by atomic mass is 10.2. The summed E-state index contributed by atoms with van der Waals surface area (Å²) in [6.45, 7) is 1.90. The third kappa shape index (κ3) is 2.77. The molecule has 3 aromatic heterocycles. The lowest BCUT2D eigenvalue weighted by Gasteiger charge is -2.09. The van der Waals surface area contributed by atoms with Crippen molar-refractivity contribution in [2.75, 3.05) is 11.1 Å². The van der Waals surface area contributed by atoms with Crippen LogP contribution in [0.15, 0.2) is 60.8 Å². The van der Waals surface area contributed by atoms with Crippen LogP contribution in [-0.2, 0) is 0 Å². The Morgan fingerprint density at radius 1 is 0.893 bits per heavy atom. The quantitative estimate of drug-likeness (QED) is 0.502. The summed E-state index contributed by atoms with van der Waals surface area (Å²) in [4.78, 5) is 22.1. The summed E-state index contributed by atoms with van der Waals surface area (Å²) < 4.78 is 1.86. The second-order valence-electron chi connectivity index (χ2n) is 6.34. The normalized spacial score (nSPS) is 11.2. The molecule has 0 saturated heterocycles. The molecule has 0 spiro atoms. The third-order valence-corrected chi connectivity index (χ3v) is 4.42. The van der Waals surface area contributed by atoms with Crippen LogP contribution in [0, 0.1) is 6.92 Å². The number of imidazole rings is 1. The molecule has 0 bridgehead atoms. The van der Waals surface area contributed by atoms with Gasteiger partial charge in [-0.1, -0.05) is 30.3 Å². The van der Waals surface area contributed by atoms with E-state index in [0.717, 1.165) is 33.4 Å². The van der Waals surface area contributed by atoms with Crippen LogP contribution in [0.5, 0.6) is 0 Å². The zero-order valence-electron chi connectivity index (χ0n) is 15.0. The largest absolute Gasteiger partial charge is 0.368 e. The van der Waals surface area contributed by atoms with Crippen molar-refractivity contribution in [1.82, 2.24) is 29.5 Å². The number of fused-ring (bicyclic) bond motifs is 2. The van der Waals surface area contributed by atoms with Crippen molar-refractivity contribution in [3.63, 3.8) is 0 Å². The number of hydrogen-bond donors (Lipinski definition) is 2. The van der Waals surface area contributed by atoms with E-state index in [0.29, 0.717) is 11.9 Å². The van der Waals surface area contributed by atoms with Crippen LogP contribution in [0.4, 0.5) is 17.6 Å².